The normalized spacial score (nSPS) is 14.0. The highest BCUT2D eigenvalue weighted by molar-refractivity contribution is 8.00. The zero-order valence-corrected chi connectivity index (χ0v) is 31.3. The minimum atomic E-state index is -3.99. The number of thioether (sulfide) groups is 1. The molecule has 0 unspecified atom stereocenters. The molecule has 1 saturated heterocycles. The Morgan fingerprint density at radius 1 is 0.900 bits per heavy atom. The van der Waals surface area contributed by atoms with Gasteiger partial charge in [-0.1, -0.05) is 0 Å². The molecule has 0 spiro atoms. The number of carbonyl (C=O) groups is 3. The van der Waals surface area contributed by atoms with Crippen molar-refractivity contribution < 1.29 is 60.6 Å². The summed E-state index contributed by atoms with van der Waals surface area (Å²) in [6, 6.07) is 2.53. The summed E-state index contributed by atoms with van der Waals surface area (Å²) < 4.78 is 75.7. The van der Waals surface area contributed by atoms with E-state index in [0.717, 1.165) is 17.8 Å². The number of hydrogen-bond acceptors (Lipinski definition) is 14. The molecule has 0 radical (unpaired) electrons. The summed E-state index contributed by atoms with van der Waals surface area (Å²) in [5.41, 5.74) is -0.649. The number of fused-ring (bicyclic) bond motifs is 1. The zero-order chi connectivity index (χ0) is 37.1. The highest BCUT2D eigenvalue weighted by Gasteiger charge is 2.50. The number of piperazine rings is 1. The largest absolute Gasteiger partial charge is 0.477 e. The van der Waals surface area contributed by atoms with Gasteiger partial charge in [-0.15, -0.1) is 11.8 Å². The van der Waals surface area contributed by atoms with Crippen LogP contribution in [-0.2, 0) is 48.0 Å². The van der Waals surface area contributed by atoms with Crippen molar-refractivity contribution in [2.45, 2.75) is 46.6 Å². The Hall–Kier alpha value is -2.98. The summed E-state index contributed by atoms with van der Waals surface area (Å²) in [6.07, 6.45) is 0.478. The van der Waals surface area contributed by atoms with Gasteiger partial charge in [-0.3, -0.25) is 18.7 Å². The summed E-state index contributed by atoms with van der Waals surface area (Å²) >= 11 is 0.947. The number of aromatic nitrogens is 1. The van der Waals surface area contributed by atoms with Gasteiger partial charge in [-0.25, -0.2) is 14.0 Å². The molecule has 16 nitrogen and oxygen atoms in total. The van der Waals surface area contributed by atoms with Gasteiger partial charge in [0.2, 0.25) is 12.2 Å². The minimum Gasteiger partial charge on any atom is -0.477 e. The Kier molecular flexibility index (Phi) is 15.8. The smallest absolute Gasteiger partial charge is 0.412 e. The van der Waals surface area contributed by atoms with E-state index in [0.29, 0.717) is 12.1 Å². The summed E-state index contributed by atoms with van der Waals surface area (Å²) in [4.78, 5) is 52.3. The molecule has 1 amide bonds. The number of pyridine rings is 1. The first-order valence-corrected chi connectivity index (χ1v) is 20.4. The molecule has 3 rings (SSSR count). The number of anilines is 1. The predicted molar refractivity (Wildman–Crippen MR) is 185 cm³/mol. The number of halogens is 1. The van der Waals surface area contributed by atoms with Gasteiger partial charge < -0.3 is 47.0 Å². The number of amides is 1. The van der Waals surface area contributed by atoms with E-state index >= 15 is 4.39 Å². The lowest BCUT2D eigenvalue weighted by Gasteiger charge is -2.35. The molecule has 2 aromatic rings. The van der Waals surface area contributed by atoms with Gasteiger partial charge in [0.05, 0.1) is 43.4 Å². The number of carboxylic acids is 1. The van der Waals surface area contributed by atoms with Gasteiger partial charge in [-0.2, -0.15) is 0 Å². The Labute approximate surface area is 293 Å². The van der Waals surface area contributed by atoms with E-state index in [1.165, 1.54) is 17.2 Å². The maximum absolute atomic E-state index is 15.2. The van der Waals surface area contributed by atoms with Gasteiger partial charge in [0, 0.05) is 50.1 Å². The molecule has 1 N–H and O–H groups in total. The predicted octanol–water partition coefficient (Wildman–Crippen LogP) is 5.21. The highest BCUT2D eigenvalue weighted by Crippen LogP contribution is 2.70. The maximum Gasteiger partial charge on any atom is 0.412 e. The number of carboxylic acid groups (broad SMARTS) is 1. The third-order valence-electron chi connectivity index (χ3n) is 7.45. The van der Waals surface area contributed by atoms with Crippen molar-refractivity contribution in [1.82, 2.24) is 9.47 Å². The maximum atomic E-state index is 15.2. The van der Waals surface area contributed by atoms with Crippen LogP contribution in [0.4, 0.5) is 14.9 Å². The quantitative estimate of drug-likeness (QED) is 0.111. The summed E-state index contributed by atoms with van der Waals surface area (Å²) in [6.45, 7) is 8.67. The number of aryl methyl sites for hydroxylation is 1. The summed E-state index contributed by atoms with van der Waals surface area (Å²) in [7, 11) is -7.98. The molecule has 280 valence electrons. The molecule has 0 bridgehead atoms. The van der Waals surface area contributed by atoms with Crippen LogP contribution < -0.4 is 10.3 Å². The lowest BCUT2D eigenvalue weighted by Crippen LogP contribution is -2.49. The molecular formula is C30H44FN3O13P2S. The Bertz CT molecular complexity index is 1620. The third-order valence-corrected chi connectivity index (χ3v) is 15.0. The van der Waals surface area contributed by atoms with Crippen LogP contribution in [0.15, 0.2) is 23.1 Å². The van der Waals surface area contributed by atoms with Crippen molar-refractivity contribution >= 4 is 61.6 Å². The SMILES string of the molecule is CCOP(=O)(OCC)C(CSCC(=O)OCOC(=O)N1CCN(c2cc3c(cc2F)c(=O)c(C(=O)O)cn3CC)CC1)P(=O)(OCC)OCC. The lowest BCUT2D eigenvalue weighted by atomic mass is 10.1. The van der Waals surface area contributed by atoms with Crippen molar-refractivity contribution in [3.05, 3.63) is 39.9 Å². The van der Waals surface area contributed by atoms with Crippen LogP contribution in [0.5, 0.6) is 0 Å². The Morgan fingerprint density at radius 3 is 1.96 bits per heavy atom. The topological polar surface area (TPSA) is 189 Å². The molecule has 0 aliphatic carbocycles. The Balaban J connectivity index is 1.55. The average Bonchev–Trinajstić information content (AvgIpc) is 3.07. The van der Waals surface area contributed by atoms with E-state index in [1.54, 1.807) is 44.1 Å². The first kappa shape index (κ1) is 41.4. The number of aromatic carboxylic acids is 1. The fraction of sp³-hybridized carbons (Fsp3) is 0.600. The van der Waals surface area contributed by atoms with Gasteiger partial charge in [0.15, 0.2) is 5.40 Å². The fourth-order valence-electron chi connectivity index (χ4n) is 5.21. The molecule has 1 aliphatic heterocycles. The monoisotopic (exact) mass is 767 g/mol. The van der Waals surface area contributed by atoms with E-state index in [-0.39, 0.29) is 75.2 Å². The molecule has 2 heterocycles. The third kappa shape index (κ3) is 10.1. The number of nitrogens with zero attached hydrogens (tertiary/aromatic N) is 3. The average molecular weight is 768 g/mol. The van der Waals surface area contributed by atoms with Crippen LogP contribution in [-0.4, -0.2) is 109 Å². The molecular weight excluding hydrogens is 723 g/mol. The van der Waals surface area contributed by atoms with E-state index in [2.05, 4.69) is 0 Å². The van der Waals surface area contributed by atoms with Crippen LogP contribution in [0.1, 0.15) is 45.0 Å². The molecule has 0 atom stereocenters. The number of ether oxygens (including phenoxy) is 2. The highest BCUT2D eigenvalue weighted by atomic mass is 32.2. The van der Waals surface area contributed by atoms with E-state index in [1.807, 2.05) is 0 Å². The first-order valence-electron chi connectivity index (χ1n) is 16.1. The van der Waals surface area contributed by atoms with Gasteiger partial charge in [-0.05, 0) is 46.8 Å². The van der Waals surface area contributed by atoms with Crippen LogP contribution in [0.3, 0.4) is 0 Å². The van der Waals surface area contributed by atoms with Crippen molar-refractivity contribution in [3.8, 4) is 0 Å². The second kappa shape index (κ2) is 19.0. The van der Waals surface area contributed by atoms with Gasteiger partial charge in [0.25, 0.3) is 0 Å². The van der Waals surface area contributed by atoms with Crippen molar-refractivity contribution in [2.24, 2.45) is 0 Å². The van der Waals surface area contributed by atoms with Crippen LogP contribution >= 0.6 is 27.0 Å². The van der Waals surface area contributed by atoms with Gasteiger partial charge >= 0.3 is 33.2 Å². The summed E-state index contributed by atoms with van der Waals surface area (Å²) in [5, 5.41) is 8.01. The van der Waals surface area contributed by atoms with E-state index in [4.69, 9.17) is 27.6 Å². The number of rotatable bonds is 19. The standard InChI is InChI=1S/C30H44FN3O13P2S/c1-6-32-17-22(29(37)38)28(36)21-15-23(31)25(16-24(21)32)33-11-13-34(14-12-33)30(39)43-20-42-26(35)18-50-19-27(48(40,44-7-2)45-8-3)49(41,46-9-4)47-10-5/h15-17,27H,6-14,18-20H2,1-5H3,(H,37,38). The number of esters is 1. The van der Waals surface area contributed by atoms with Crippen LogP contribution in [0, 0.1) is 5.82 Å². The van der Waals surface area contributed by atoms with Crippen LogP contribution in [0.2, 0.25) is 0 Å². The molecule has 1 aromatic heterocycles. The van der Waals surface area contributed by atoms with E-state index < -0.39 is 62.2 Å². The second-order valence-corrected chi connectivity index (χ2v) is 16.4. The van der Waals surface area contributed by atoms with Crippen molar-refractivity contribution in [2.75, 3.05) is 75.8 Å². The molecule has 1 aliphatic rings. The van der Waals surface area contributed by atoms with Crippen molar-refractivity contribution in [3.63, 3.8) is 0 Å². The van der Waals surface area contributed by atoms with Gasteiger partial charge in [0.1, 0.15) is 11.4 Å². The fourth-order valence-corrected chi connectivity index (χ4v) is 12.3. The van der Waals surface area contributed by atoms with Crippen molar-refractivity contribution in [1.29, 1.82) is 0 Å². The first-order chi connectivity index (χ1) is 23.8. The van der Waals surface area contributed by atoms with E-state index in [9.17, 15) is 33.4 Å². The molecule has 0 saturated carbocycles. The molecule has 1 aromatic carbocycles. The number of carbonyl (C=O) groups excluding carboxylic acids is 2. The minimum absolute atomic E-state index is 0.0125. The zero-order valence-electron chi connectivity index (χ0n) is 28.7. The summed E-state index contributed by atoms with van der Waals surface area (Å²) in [5.74, 6) is -3.28. The Morgan fingerprint density at radius 2 is 1.46 bits per heavy atom. The lowest BCUT2D eigenvalue weighted by molar-refractivity contribution is -0.149. The number of hydrogen-bond donors (Lipinski definition) is 1. The molecule has 1 fully saturated rings. The van der Waals surface area contributed by atoms with Crippen LogP contribution in [0.25, 0.3) is 10.9 Å². The molecule has 50 heavy (non-hydrogen) atoms. The number of benzene rings is 1. The molecule has 20 heteroatoms. The second-order valence-electron chi connectivity index (χ2n) is 10.5.